The second kappa shape index (κ2) is 8.36. The average molecular weight is 413 g/mol. The fourth-order valence-electron chi connectivity index (χ4n) is 3.65. The zero-order valence-corrected chi connectivity index (χ0v) is 17.5. The maximum Gasteiger partial charge on any atom is 0.282 e. The second-order valence-corrected chi connectivity index (χ2v) is 7.23. The van der Waals surface area contributed by atoms with Gasteiger partial charge in [0.25, 0.3) is 11.8 Å². The van der Waals surface area contributed by atoms with Crippen LogP contribution in [0, 0.1) is 13.8 Å². The molecule has 2 aromatic carbocycles. The van der Waals surface area contributed by atoms with Gasteiger partial charge in [0.05, 0.1) is 5.69 Å². The van der Waals surface area contributed by atoms with Gasteiger partial charge in [0.1, 0.15) is 17.9 Å². The molecule has 31 heavy (non-hydrogen) atoms. The summed E-state index contributed by atoms with van der Waals surface area (Å²) in [5.74, 6) is -0.0187. The van der Waals surface area contributed by atoms with Crippen molar-refractivity contribution in [2.75, 3.05) is 11.6 Å². The molecule has 1 aliphatic rings. The van der Waals surface area contributed by atoms with Crippen molar-refractivity contribution in [2.45, 2.75) is 13.8 Å². The van der Waals surface area contributed by atoms with Crippen molar-refractivity contribution < 1.29 is 14.3 Å². The van der Waals surface area contributed by atoms with E-state index in [0.717, 1.165) is 28.4 Å². The van der Waals surface area contributed by atoms with Crippen LogP contribution in [0.4, 0.5) is 5.69 Å². The van der Waals surface area contributed by atoms with Crippen molar-refractivity contribution in [3.8, 4) is 11.4 Å². The van der Waals surface area contributed by atoms with E-state index in [0.29, 0.717) is 12.3 Å². The summed E-state index contributed by atoms with van der Waals surface area (Å²) < 4.78 is 7.63. The fraction of sp³-hybridized carbons (Fsp3) is 0.120. The molecule has 0 spiro atoms. The first kappa shape index (κ1) is 20.2. The fourth-order valence-corrected chi connectivity index (χ4v) is 3.65. The van der Waals surface area contributed by atoms with Gasteiger partial charge in [-0.05, 0) is 68.0 Å². The highest BCUT2D eigenvalue weighted by Crippen LogP contribution is 2.26. The highest BCUT2D eigenvalue weighted by Gasteiger charge is 2.34. The third kappa shape index (κ3) is 3.88. The standard InChI is InChI=1S/C25H23N3O3/c1-4-14-31-22-12-10-20(11-13-22)27-17(2)15-19(18(27)3)16-23-24(29)26-28(25(23)30)21-8-6-5-7-9-21/h4-13,15-16H,1,14H2,2-3H3,(H,26,29). The van der Waals surface area contributed by atoms with Crippen LogP contribution in [-0.4, -0.2) is 23.0 Å². The lowest BCUT2D eigenvalue weighted by atomic mass is 10.1. The maximum absolute atomic E-state index is 12.9. The van der Waals surface area contributed by atoms with Crippen molar-refractivity contribution >= 4 is 23.6 Å². The van der Waals surface area contributed by atoms with Gasteiger partial charge in [-0.15, -0.1) is 0 Å². The normalized spacial score (nSPS) is 14.8. The number of nitrogens with one attached hydrogen (secondary N) is 1. The van der Waals surface area contributed by atoms with E-state index in [1.165, 1.54) is 5.01 Å². The third-order valence-corrected chi connectivity index (χ3v) is 5.14. The molecule has 6 heteroatoms. The van der Waals surface area contributed by atoms with E-state index in [1.807, 2.05) is 62.4 Å². The molecule has 4 rings (SSSR count). The smallest absolute Gasteiger partial charge is 0.282 e. The Morgan fingerprint density at radius 1 is 1.00 bits per heavy atom. The quantitative estimate of drug-likeness (QED) is 0.376. The number of carbonyl (C=O) groups excluding carboxylic acids is 2. The number of para-hydroxylation sites is 1. The first-order chi connectivity index (χ1) is 15.0. The Morgan fingerprint density at radius 2 is 1.71 bits per heavy atom. The molecular formula is C25H23N3O3. The van der Waals surface area contributed by atoms with Crippen LogP contribution in [0.2, 0.25) is 0 Å². The molecule has 156 valence electrons. The molecule has 1 N–H and O–H groups in total. The molecule has 1 aliphatic heterocycles. The van der Waals surface area contributed by atoms with Crippen molar-refractivity contribution in [3.63, 3.8) is 0 Å². The number of nitrogens with zero attached hydrogens (tertiary/aromatic N) is 2. The first-order valence-corrected chi connectivity index (χ1v) is 9.95. The van der Waals surface area contributed by atoms with Crippen LogP contribution in [0.5, 0.6) is 5.75 Å². The molecule has 1 fully saturated rings. The summed E-state index contributed by atoms with van der Waals surface area (Å²) in [4.78, 5) is 25.4. The summed E-state index contributed by atoms with van der Waals surface area (Å²) in [5, 5.41) is 1.27. The summed E-state index contributed by atoms with van der Waals surface area (Å²) in [5.41, 5.74) is 7.08. The maximum atomic E-state index is 12.9. The van der Waals surface area contributed by atoms with Gasteiger partial charge in [0.2, 0.25) is 0 Å². The molecule has 1 aromatic heterocycles. The number of rotatable bonds is 6. The number of aryl methyl sites for hydroxylation is 1. The number of hydrogen-bond donors (Lipinski definition) is 1. The number of hydrogen-bond acceptors (Lipinski definition) is 3. The molecular weight excluding hydrogens is 390 g/mol. The van der Waals surface area contributed by atoms with Crippen molar-refractivity contribution in [3.05, 3.63) is 95.8 Å². The number of amides is 2. The topological polar surface area (TPSA) is 63.6 Å². The molecule has 6 nitrogen and oxygen atoms in total. The van der Waals surface area contributed by atoms with E-state index >= 15 is 0 Å². The Bertz CT molecular complexity index is 1170. The zero-order valence-electron chi connectivity index (χ0n) is 17.5. The van der Waals surface area contributed by atoms with Gasteiger partial charge in [-0.1, -0.05) is 30.9 Å². The van der Waals surface area contributed by atoms with Gasteiger partial charge in [-0.25, -0.2) is 5.01 Å². The Balaban J connectivity index is 1.64. The monoisotopic (exact) mass is 413 g/mol. The Labute approximate surface area is 181 Å². The molecule has 2 heterocycles. The van der Waals surface area contributed by atoms with Crippen LogP contribution < -0.4 is 15.2 Å². The molecule has 0 saturated carbocycles. The molecule has 3 aromatic rings. The van der Waals surface area contributed by atoms with Crippen molar-refractivity contribution in [1.82, 2.24) is 9.99 Å². The minimum atomic E-state index is -0.414. The molecule has 0 aliphatic carbocycles. The predicted molar refractivity (Wildman–Crippen MR) is 121 cm³/mol. The Morgan fingerprint density at radius 3 is 2.39 bits per heavy atom. The van der Waals surface area contributed by atoms with Gasteiger partial charge in [0.15, 0.2) is 0 Å². The third-order valence-electron chi connectivity index (χ3n) is 5.14. The number of carbonyl (C=O) groups is 2. The van der Waals surface area contributed by atoms with Gasteiger partial charge in [-0.3, -0.25) is 15.0 Å². The molecule has 2 amide bonds. The number of ether oxygens (including phenoxy) is 1. The number of hydrazine groups is 1. The molecule has 0 atom stereocenters. The van der Waals surface area contributed by atoms with Crippen LogP contribution in [0.3, 0.4) is 0 Å². The Kier molecular flexibility index (Phi) is 5.45. The lowest BCUT2D eigenvalue weighted by Gasteiger charge is -2.13. The summed E-state index contributed by atoms with van der Waals surface area (Å²) in [6.45, 7) is 8.06. The lowest BCUT2D eigenvalue weighted by molar-refractivity contribution is -0.117. The zero-order chi connectivity index (χ0) is 22.0. The minimum Gasteiger partial charge on any atom is -0.490 e. The second-order valence-electron chi connectivity index (χ2n) is 7.23. The lowest BCUT2D eigenvalue weighted by Crippen LogP contribution is -2.35. The van der Waals surface area contributed by atoms with Gasteiger partial charge in [-0.2, -0.15) is 0 Å². The number of anilines is 1. The van der Waals surface area contributed by atoms with Crippen LogP contribution in [0.15, 0.2) is 78.9 Å². The minimum absolute atomic E-state index is 0.109. The molecule has 0 radical (unpaired) electrons. The molecule has 1 saturated heterocycles. The van der Waals surface area contributed by atoms with E-state index in [4.69, 9.17) is 4.74 Å². The van der Waals surface area contributed by atoms with Crippen LogP contribution >= 0.6 is 0 Å². The average Bonchev–Trinajstić information content (AvgIpc) is 3.23. The predicted octanol–water partition coefficient (Wildman–Crippen LogP) is 4.12. The summed E-state index contributed by atoms with van der Waals surface area (Å²) in [7, 11) is 0. The van der Waals surface area contributed by atoms with Gasteiger partial charge in [0, 0.05) is 17.1 Å². The van der Waals surface area contributed by atoms with Gasteiger partial charge >= 0.3 is 0 Å². The van der Waals surface area contributed by atoms with Crippen molar-refractivity contribution in [1.29, 1.82) is 0 Å². The van der Waals surface area contributed by atoms with Crippen molar-refractivity contribution in [2.24, 2.45) is 0 Å². The summed E-state index contributed by atoms with van der Waals surface area (Å²) in [6, 6.07) is 18.8. The van der Waals surface area contributed by atoms with E-state index in [-0.39, 0.29) is 11.5 Å². The summed E-state index contributed by atoms with van der Waals surface area (Å²) in [6.07, 6.45) is 3.36. The summed E-state index contributed by atoms with van der Waals surface area (Å²) >= 11 is 0. The van der Waals surface area contributed by atoms with Gasteiger partial charge < -0.3 is 9.30 Å². The first-order valence-electron chi connectivity index (χ1n) is 9.95. The largest absolute Gasteiger partial charge is 0.490 e. The van der Waals surface area contributed by atoms with E-state index in [2.05, 4.69) is 16.6 Å². The van der Waals surface area contributed by atoms with Crippen LogP contribution in [0.1, 0.15) is 17.0 Å². The van der Waals surface area contributed by atoms with Crippen LogP contribution in [-0.2, 0) is 9.59 Å². The Hall–Kier alpha value is -4.06. The van der Waals surface area contributed by atoms with Crippen LogP contribution in [0.25, 0.3) is 11.8 Å². The van der Waals surface area contributed by atoms with E-state index < -0.39 is 5.91 Å². The highest BCUT2D eigenvalue weighted by molar-refractivity contribution is 6.31. The SMILES string of the molecule is C=CCOc1ccc(-n2c(C)cc(C=C3C(=O)NN(c4ccccc4)C3=O)c2C)cc1. The molecule has 0 bridgehead atoms. The highest BCUT2D eigenvalue weighted by atomic mass is 16.5. The number of benzene rings is 2. The van der Waals surface area contributed by atoms with E-state index in [9.17, 15) is 9.59 Å². The molecule has 0 unspecified atom stereocenters. The number of aromatic nitrogens is 1. The van der Waals surface area contributed by atoms with E-state index in [1.54, 1.807) is 24.3 Å².